The van der Waals surface area contributed by atoms with Crippen molar-refractivity contribution >= 4 is 16.1 Å². The molecule has 5 nitrogen and oxygen atoms in total. The first-order chi connectivity index (χ1) is 6.42. The minimum absolute atomic E-state index is 0. The monoisotopic (exact) mass is 260 g/mol. The van der Waals surface area contributed by atoms with Gasteiger partial charge in [-0.2, -0.15) is 8.78 Å². The summed E-state index contributed by atoms with van der Waals surface area (Å²) >= 11 is 0. The third-order valence-corrected chi connectivity index (χ3v) is 2.92. The summed E-state index contributed by atoms with van der Waals surface area (Å²) in [6.07, 6.45) is 0. The first-order valence-electron chi connectivity index (χ1n) is 3.88. The molecule has 0 aliphatic heterocycles. The zero-order chi connectivity index (χ0) is 12.5. The smallest absolute Gasteiger partial charge is 0.342 e. The van der Waals surface area contributed by atoms with Crippen molar-refractivity contribution in [3.8, 4) is 0 Å². The summed E-state index contributed by atoms with van der Waals surface area (Å²) in [6, 6.07) is 0. The van der Waals surface area contributed by atoms with Gasteiger partial charge in [0.05, 0.1) is 5.41 Å². The Morgan fingerprint density at radius 3 is 2.00 bits per heavy atom. The standard InChI is InChI=1S/C7H12F2O5S.CH3/c1-5(10)14-4-6(2,3)7(8,9)15(11,12)13;/h4H2,1-3H3,(H,11,12,13);1H3/q;+1/p-1. The molecule has 0 spiro atoms. The van der Waals surface area contributed by atoms with Crippen molar-refractivity contribution < 1.29 is 31.3 Å². The summed E-state index contributed by atoms with van der Waals surface area (Å²) in [5.41, 5.74) is -2.26. The van der Waals surface area contributed by atoms with Crippen molar-refractivity contribution in [2.24, 2.45) is 5.41 Å². The highest BCUT2D eigenvalue weighted by molar-refractivity contribution is 7.86. The summed E-state index contributed by atoms with van der Waals surface area (Å²) in [5.74, 6) is -0.831. The molecule has 0 N–H and O–H groups in total. The van der Waals surface area contributed by atoms with Gasteiger partial charge in [0.2, 0.25) is 0 Å². The minimum atomic E-state index is -5.78. The second-order valence-electron chi connectivity index (χ2n) is 3.64. The van der Waals surface area contributed by atoms with Crippen LogP contribution in [-0.2, 0) is 19.6 Å². The number of alkyl halides is 2. The van der Waals surface area contributed by atoms with Crippen LogP contribution in [0.5, 0.6) is 0 Å². The maximum atomic E-state index is 13.1. The van der Waals surface area contributed by atoms with Crippen molar-refractivity contribution in [2.75, 3.05) is 6.61 Å². The van der Waals surface area contributed by atoms with Gasteiger partial charge in [-0.1, -0.05) is 0 Å². The van der Waals surface area contributed by atoms with E-state index in [1.807, 2.05) is 0 Å². The van der Waals surface area contributed by atoms with Crippen LogP contribution in [0, 0.1) is 12.8 Å². The van der Waals surface area contributed by atoms with Crippen LogP contribution in [-0.4, -0.2) is 30.8 Å². The summed E-state index contributed by atoms with van der Waals surface area (Å²) < 4.78 is 61.3. The van der Waals surface area contributed by atoms with Gasteiger partial charge in [0.1, 0.15) is 6.61 Å². The maximum absolute atomic E-state index is 13.1. The molecule has 0 radical (unpaired) electrons. The van der Waals surface area contributed by atoms with Crippen LogP contribution < -0.4 is 0 Å². The maximum Gasteiger partial charge on any atom is 0.342 e. The lowest BCUT2D eigenvalue weighted by Gasteiger charge is -2.34. The Labute approximate surface area is 93.5 Å². The van der Waals surface area contributed by atoms with Crippen molar-refractivity contribution in [3.63, 3.8) is 0 Å². The van der Waals surface area contributed by atoms with Crippen LogP contribution in [0.15, 0.2) is 0 Å². The first-order valence-corrected chi connectivity index (χ1v) is 5.29. The van der Waals surface area contributed by atoms with E-state index in [1.54, 1.807) is 0 Å². The van der Waals surface area contributed by atoms with Crippen molar-refractivity contribution in [1.82, 2.24) is 0 Å². The highest BCUT2D eigenvalue weighted by atomic mass is 32.2. The summed E-state index contributed by atoms with van der Waals surface area (Å²) in [5, 5.41) is -4.49. The van der Waals surface area contributed by atoms with Crippen LogP contribution in [0.4, 0.5) is 8.78 Å². The van der Waals surface area contributed by atoms with Gasteiger partial charge in [-0.05, 0) is 13.8 Å². The molecular formula is C8H14F2O5S. The van der Waals surface area contributed by atoms with E-state index in [4.69, 9.17) is 0 Å². The van der Waals surface area contributed by atoms with Crippen molar-refractivity contribution in [3.05, 3.63) is 7.43 Å². The van der Waals surface area contributed by atoms with E-state index in [0.717, 1.165) is 20.8 Å². The molecule has 0 atom stereocenters. The quantitative estimate of drug-likeness (QED) is 0.430. The average Bonchev–Trinajstić information content (AvgIpc) is 1.98. The number of carbonyl (C=O) groups excluding carboxylic acids is 1. The molecule has 0 aliphatic carbocycles. The van der Waals surface area contributed by atoms with Gasteiger partial charge in [0.25, 0.3) is 0 Å². The van der Waals surface area contributed by atoms with E-state index in [-0.39, 0.29) is 7.43 Å². The fourth-order valence-corrected chi connectivity index (χ4v) is 1.44. The molecule has 0 bridgehead atoms. The van der Waals surface area contributed by atoms with E-state index < -0.39 is 33.4 Å². The predicted molar refractivity (Wildman–Crippen MR) is 51.5 cm³/mol. The third kappa shape index (κ3) is 3.60. The molecule has 0 unspecified atom stereocenters. The van der Waals surface area contributed by atoms with E-state index in [9.17, 15) is 26.5 Å². The molecule has 0 saturated carbocycles. The Balaban J connectivity index is 0. The molecule has 0 aromatic rings. The number of ether oxygens (including phenoxy) is 1. The molecule has 0 aromatic heterocycles. The Kier molecular flexibility index (Phi) is 5.43. The van der Waals surface area contributed by atoms with Gasteiger partial charge >= 0.3 is 11.2 Å². The van der Waals surface area contributed by atoms with E-state index in [2.05, 4.69) is 4.74 Å². The number of halogens is 2. The normalized spacial score (nSPS) is 12.9. The summed E-state index contributed by atoms with van der Waals surface area (Å²) in [4.78, 5) is 10.4. The second kappa shape index (κ2) is 4.96. The van der Waals surface area contributed by atoms with Crippen LogP contribution >= 0.6 is 0 Å². The molecule has 96 valence electrons. The number of hydrogen-bond acceptors (Lipinski definition) is 5. The zero-order valence-electron chi connectivity index (χ0n) is 9.41. The van der Waals surface area contributed by atoms with E-state index in [1.165, 1.54) is 0 Å². The number of carbonyl (C=O) groups is 1. The lowest BCUT2D eigenvalue weighted by atomic mass is 9.95. The highest BCUT2D eigenvalue weighted by Crippen LogP contribution is 2.40. The molecule has 0 rings (SSSR count). The predicted octanol–water partition coefficient (Wildman–Crippen LogP) is 1.16. The molecule has 0 aromatic carbocycles. The molecule has 0 aliphatic rings. The lowest BCUT2D eigenvalue weighted by molar-refractivity contribution is -0.150. The van der Waals surface area contributed by atoms with Crippen molar-refractivity contribution in [2.45, 2.75) is 26.0 Å². The van der Waals surface area contributed by atoms with Gasteiger partial charge < -0.3 is 9.29 Å². The Bertz CT molecular complexity index is 347. The van der Waals surface area contributed by atoms with Gasteiger partial charge in [0, 0.05) is 14.4 Å². The van der Waals surface area contributed by atoms with Gasteiger partial charge in [0.15, 0.2) is 10.1 Å². The number of rotatable bonds is 4. The SMILES string of the molecule is CC(=O)OCC(C)(C)C(F)(F)S(=O)(=O)[O-].[CH3+]. The fourth-order valence-electron chi connectivity index (χ4n) is 0.704. The van der Waals surface area contributed by atoms with Gasteiger partial charge in [-0.3, -0.25) is 4.79 Å². The molecule has 0 saturated heterocycles. The molecule has 16 heavy (non-hydrogen) atoms. The van der Waals surface area contributed by atoms with Gasteiger partial charge in [-0.25, -0.2) is 8.42 Å². The van der Waals surface area contributed by atoms with Crippen LogP contribution in [0.3, 0.4) is 0 Å². The van der Waals surface area contributed by atoms with Crippen LogP contribution in [0.2, 0.25) is 0 Å². The Morgan fingerprint density at radius 1 is 1.38 bits per heavy atom. The van der Waals surface area contributed by atoms with Crippen molar-refractivity contribution in [1.29, 1.82) is 0 Å². The summed E-state index contributed by atoms with van der Waals surface area (Å²) in [6.45, 7) is 1.79. The molecule has 8 heteroatoms. The van der Waals surface area contributed by atoms with E-state index >= 15 is 0 Å². The molecule has 0 fully saturated rings. The topological polar surface area (TPSA) is 83.5 Å². The van der Waals surface area contributed by atoms with Gasteiger partial charge in [-0.15, -0.1) is 0 Å². The number of hydrogen-bond donors (Lipinski definition) is 0. The molecular weight excluding hydrogens is 246 g/mol. The first kappa shape index (κ1) is 17.5. The zero-order valence-corrected chi connectivity index (χ0v) is 10.2. The number of esters is 1. The molecule has 0 amide bonds. The second-order valence-corrected chi connectivity index (χ2v) is 5.06. The Hall–Kier alpha value is -0.890. The lowest BCUT2D eigenvalue weighted by Crippen LogP contribution is -2.46. The molecule has 0 heterocycles. The summed E-state index contributed by atoms with van der Waals surface area (Å²) in [7, 11) is -5.78. The van der Waals surface area contributed by atoms with Crippen LogP contribution in [0.25, 0.3) is 0 Å². The Morgan fingerprint density at radius 2 is 1.75 bits per heavy atom. The van der Waals surface area contributed by atoms with E-state index in [0.29, 0.717) is 0 Å². The third-order valence-electron chi connectivity index (χ3n) is 1.74. The van der Waals surface area contributed by atoms with Crippen LogP contribution in [0.1, 0.15) is 20.8 Å². The minimum Gasteiger partial charge on any atom is -0.743 e. The highest BCUT2D eigenvalue weighted by Gasteiger charge is 2.53. The average molecular weight is 260 g/mol. The largest absolute Gasteiger partial charge is 0.743 e. The fraction of sp³-hybridized carbons (Fsp3) is 0.750.